The molecule has 2 nitrogen and oxygen atoms in total. The van der Waals surface area contributed by atoms with Gasteiger partial charge in [0.25, 0.3) is 0 Å². The summed E-state index contributed by atoms with van der Waals surface area (Å²) in [6, 6.07) is 0. The van der Waals surface area contributed by atoms with Crippen LogP contribution in [0, 0.1) is 0 Å². The van der Waals surface area contributed by atoms with Crippen molar-refractivity contribution in [3.05, 3.63) is 24.3 Å². The van der Waals surface area contributed by atoms with Crippen LogP contribution < -0.4 is 17.2 Å². The average molecular weight is 347 g/mol. The summed E-state index contributed by atoms with van der Waals surface area (Å²) < 4.78 is 1.13. The van der Waals surface area contributed by atoms with Gasteiger partial charge in [0.1, 0.15) is 0 Å². The molecule has 50 valence electrons. The monoisotopic (exact) mass is 347 g/mol. The molecule has 0 amide bonds. The molecule has 9 heavy (non-hydrogen) atoms. The van der Waals surface area contributed by atoms with E-state index in [1.165, 1.54) is 0 Å². The normalized spacial score (nSPS) is 9.89. The second-order valence-corrected chi connectivity index (χ2v) is 6.64. The maximum absolute atomic E-state index is 4.13. The second-order valence-electron chi connectivity index (χ2n) is 1.43. The van der Waals surface area contributed by atoms with Gasteiger partial charge in [-0.25, -0.2) is 0 Å². The molecule has 0 N–H and O–H groups in total. The third-order valence-corrected chi connectivity index (χ3v) is 3.81. The molecule has 0 saturated heterocycles. The van der Waals surface area contributed by atoms with Crippen LogP contribution in [0.4, 0.5) is 0 Å². The molecule has 0 aliphatic rings. The molecule has 0 spiro atoms. The Hall–Kier alpha value is 0.540. The number of nitrogens with zero attached hydrogens (tertiary/aromatic N) is 2. The first kappa shape index (κ1) is 7.64. The fourth-order valence-electron chi connectivity index (χ4n) is 0.451. The molecule has 0 aromatic carbocycles. The van der Waals surface area contributed by atoms with Crippen LogP contribution in [-0.4, -0.2) is 9.97 Å². The van der Waals surface area contributed by atoms with Crippen LogP contribution >= 0.6 is 18.6 Å². The second kappa shape index (κ2) is 4.37. The fourth-order valence-corrected chi connectivity index (χ4v) is 3.12. The zero-order valence-electron chi connectivity index (χ0n) is 4.59. The van der Waals surface area contributed by atoms with Crippen molar-refractivity contribution in [3.8, 4) is 0 Å². The van der Waals surface area contributed by atoms with Crippen LogP contribution in [-0.2, 0) is 4.43 Å². The van der Waals surface area contributed by atoms with Crippen molar-refractivity contribution in [2.75, 3.05) is 0 Å². The molecule has 1 aromatic heterocycles. The zero-order chi connectivity index (χ0) is 6.53. The number of hydrogen-bond donors (Lipinski definition) is 0. The Bertz CT molecular complexity index is 166. The molecule has 0 unspecified atom stereocenters. The van der Waals surface area contributed by atoms with E-state index < -0.39 is 0 Å². The molecule has 0 fully saturated rings. The number of rotatable bonds is 2. The van der Waals surface area contributed by atoms with E-state index in [1.807, 2.05) is 6.20 Å². The van der Waals surface area contributed by atoms with Crippen molar-refractivity contribution < 1.29 is 17.2 Å². The minimum absolute atomic E-state index is 0.296. The van der Waals surface area contributed by atoms with E-state index in [2.05, 4.69) is 28.6 Å². The van der Waals surface area contributed by atoms with E-state index in [-0.39, 0.29) is 0 Å². The molecule has 0 aliphatic heterocycles. The topological polar surface area (TPSA) is 25.8 Å². The Morgan fingerprint density at radius 1 is 1.56 bits per heavy atom. The van der Waals surface area contributed by atoms with Crippen LogP contribution in [0.2, 0.25) is 0 Å². The van der Waals surface area contributed by atoms with Gasteiger partial charge in [-0.1, -0.05) is 0 Å². The molecular formula is C5H5I2N2-. The van der Waals surface area contributed by atoms with Gasteiger partial charge >= 0.3 is 74.5 Å². The van der Waals surface area contributed by atoms with E-state index in [0.717, 1.165) is 10.1 Å². The van der Waals surface area contributed by atoms with E-state index in [4.69, 9.17) is 0 Å². The van der Waals surface area contributed by atoms with Crippen LogP contribution in [0.5, 0.6) is 0 Å². The third kappa shape index (κ3) is 2.74. The minimum atomic E-state index is 0.296. The number of hydrogen-bond acceptors (Lipinski definition) is 2. The Balaban J connectivity index is 2.61. The van der Waals surface area contributed by atoms with Gasteiger partial charge in [0, 0.05) is 0 Å². The van der Waals surface area contributed by atoms with Gasteiger partial charge in [0.05, 0.1) is 0 Å². The van der Waals surface area contributed by atoms with Crippen molar-refractivity contribution in [2.45, 2.75) is 4.43 Å². The molecular weight excluding hydrogens is 342 g/mol. The molecule has 0 saturated carbocycles. The predicted molar refractivity (Wildman–Crippen MR) is 39.8 cm³/mol. The summed E-state index contributed by atoms with van der Waals surface area (Å²) in [6.45, 7) is 0. The summed E-state index contributed by atoms with van der Waals surface area (Å²) in [5.41, 5.74) is 1.12. The zero-order valence-corrected chi connectivity index (χ0v) is 8.90. The molecule has 1 rings (SSSR count). The van der Waals surface area contributed by atoms with E-state index in [1.54, 1.807) is 12.4 Å². The molecule has 0 bridgehead atoms. The summed E-state index contributed by atoms with van der Waals surface area (Å²) in [5, 5.41) is 0. The molecule has 1 aromatic rings. The van der Waals surface area contributed by atoms with Crippen molar-refractivity contribution in [3.63, 3.8) is 0 Å². The van der Waals surface area contributed by atoms with Gasteiger partial charge in [0.2, 0.25) is 0 Å². The molecule has 4 heteroatoms. The van der Waals surface area contributed by atoms with Crippen molar-refractivity contribution in [1.82, 2.24) is 9.97 Å². The summed E-state index contributed by atoms with van der Waals surface area (Å²) in [5.74, 6) is 0. The summed E-state index contributed by atoms with van der Waals surface area (Å²) in [4.78, 5) is 8.08. The van der Waals surface area contributed by atoms with E-state index >= 15 is 0 Å². The molecule has 0 atom stereocenters. The number of alkyl halides is 1. The van der Waals surface area contributed by atoms with E-state index in [0.29, 0.717) is 17.2 Å². The van der Waals surface area contributed by atoms with Crippen LogP contribution in [0.15, 0.2) is 18.6 Å². The van der Waals surface area contributed by atoms with Crippen molar-refractivity contribution in [1.29, 1.82) is 0 Å². The molecule has 0 aliphatic carbocycles. The Morgan fingerprint density at radius 2 is 2.44 bits per heavy atom. The first-order valence-electron chi connectivity index (χ1n) is 2.38. The van der Waals surface area contributed by atoms with Crippen LogP contribution in [0.3, 0.4) is 0 Å². The summed E-state index contributed by atoms with van der Waals surface area (Å²) >= 11 is 2.73. The van der Waals surface area contributed by atoms with E-state index in [9.17, 15) is 0 Å². The summed E-state index contributed by atoms with van der Waals surface area (Å²) in [6.07, 6.45) is 5.28. The Kier molecular flexibility index (Phi) is 3.71. The SMILES string of the molecule is I[I-]Cc1cnccn1. The van der Waals surface area contributed by atoms with Gasteiger partial charge in [-0.3, -0.25) is 0 Å². The van der Waals surface area contributed by atoms with Gasteiger partial charge in [-0.15, -0.1) is 0 Å². The number of halogens is 2. The first-order valence-corrected chi connectivity index (χ1v) is 10.2. The number of aromatic nitrogens is 2. The average Bonchev–Trinajstić information content (AvgIpc) is 1.91. The molecule has 1 heterocycles. The predicted octanol–water partition coefficient (Wildman–Crippen LogP) is -1.58. The Morgan fingerprint density at radius 3 is 3.00 bits per heavy atom. The Labute approximate surface area is 73.9 Å². The van der Waals surface area contributed by atoms with Gasteiger partial charge < -0.3 is 0 Å². The van der Waals surface area contributed by atoms with Crippen molar-refractivity contribution in [2.24, 2.45) is 0 Å². The first-order chi connectivity index (χ1) is 4.43. The van der Waals surface area contributed by atoms with Crippen LogP contribution in [0.1, 0.15) is 5.69 Å². The summed E-state index contributed by atoms with van der Waals surface area (Å²) in [7, 11) is 0. The van der Waals surface area contributed by atoms with Gasteiger partial charge in [-0.2, -0.15) is 0 Å². The maximum atomic E-state index is 4.13. The third-order valence-electron chi connectivity index (χ3n) is 0.804. The quantitative estimate of drug-likeness (QED) is 0.477. The van der Waals surface area contributed by atoms with Crippen LogP contribution in [0.25, 0.3) is 0 Å². The van der Waals surface area contributed by atoms with Gasteiger partial charge in [-0.05, 0) is 0 Å². The molecule has 0 radical (unpaired) electrons. The fraction of sp³-hybridized carbons (Fsp3) is 0.200. The standard InChI is InChI=1S/C5H5I2N2/c6-7-3-5-4-8-1-2-9-5/h1-2,4H,3H2/q-1. The van der Waals surface area contributed by atoms with Crippen molar-refractivity contribution >= 4 is 18.6 Å². The van der Waals surface area contributed by atoms with Gasteiger partial charge in [0.15, 0.2) is 0 Å².